The van der Waals surface area contributed by atoms with Crippen LogP contribution >= 0.6 is 0 Å². The van der Waals surface area contributed by atoms with E-state index >= 15 is 0 Å². The molecule has 1 aliphatic carbocycles. The number of carbonyl (C=O) groups is 1. The van der Waals surface area contributed by atoms with Crippen LogP contribution in [0.25, 0.3) is 11.1 Å². The van der Waals surface area contributed by atoms with Crippen molar-refractivity contribution in [2.75, 3.05) is 13.7 Å². The van der Waals surface area contributed by atoms with Gasteiger partial charge in [0.2, 0.25) is 0 Å². The van der Waals surface area contributed by atoms with Gasteiger partial charge in [0, 0.05) is 5.56 Å². The number of fused-ring (bicyclic) bond motifs is 1. The van der Waals surface area contributed by atoms with Crippen molar-refractivity contribution in [1.82, 2.24) is 0 Å². The molecular formula is C27H34O4. The van der Waals surface area contributed by atoms with Gasteiger partial charge in [0.15, 0.2) is 6.10 Å². The molecule has 0 spiro atoms. The van der Waals surface area contributed by atoms with Gasteiger partial charge in [-0.05, 0) is 99.2 Å². The minimum Gasteiger partial charge on any atom is -0.493 e. The van der Waals surface area contributed by atoms with Crippen LogP contribution in [0.4, 0.5) is 0 Å². The second-order valence-electron chi connectivity index (χ2n) is 9.80. The molecule has 166 valence electrons. The van der Waals surface area contributed by atoms with Crippen molar-refractivity contribution in [3.05, 3.63) is 52.6 Å². The quantitative estimate of drug-likeness (QED) is 0.532. The zero-order chi connectivity index (χ0) is 22.2. The van der Waals surface area contributed by atoms with Crippen LogP contribution in [0, 0.1) is 6.92 Å². The summed E-state index contributed by atoms with van der Waals surface area (Å²) in [6.45, 7) is 8.77. The van der Waals surface area contributed by atoms with E-state index in [4.69, 9.17) is 14.2 Å². The Hall–Kier alpha value is -2.33. The molecule has 0 saturated heterocycles. The molecule has 1 aliphatic heterocycles. The van der Waals surface area contributed by atoms with Crippen molar-refractivity contribution in [1.29, 1.82) is 0 Å². The lowest BCUT2D eigenvalue weighted by atomic mass is 9.74. The number of methoxy groups -OCH3 is 1. The molecule has 1 atom stereocenters. The smallest absolute Gasteiger partial charge is 0.339 e. The number of esters is 1. The number of hydrogen-bond acceptors (Lipinski definition) is 4. The Morgan fingerprint density at radius 2 is 1.90 bits per heavy atom. The topological polar surface area (TPSA) is 44.8 Å². The van der Waals surface area contributed by atoms with E-state index in [-0.39, 0.29) is 5.97 Å². The van der Waals surface area contributed by atoms with E-state index in [1.165, 1.54) is 37.5 Å². The maximum absolute atomic E-state index is 13.0. The van der Waals surface area contributed by atoms with Crippen molar-refractivity contribution in [2.45, 2.75) is 77.4 Å². The second-order valence-corrected chi connectivity index (χ2v) is 9.80. The normalized spacial score (nSPS) is 17.3. The van der Waals surface area contributed by atoms with Gasteiger partial charge in [-0.1, -0.05) is 24.6 Å². The third kappa shape index (κ3) is 4.50. The summed E-state index contributed by atoms with van der Waals surface area (Å²) in [5.41, 5.74) is 6.32. The molecule has 1 heterocycles. The van der Waals surface area contributed by atoms with Gasteiger partial charge in [-0.15, -0.1) is 0 Å². The number of carbonyl (C=O) groups excluding carboxylic acids is 1. The van der Waals surface area contributed by atoms with Gasteiger partial charge in [-0.2, -0.15) is 0 Å². The fourth-order valence-corrected chi connectivity index (χ4v) is 4.66. The first-order valence-corrected chi connectivity index (χ1v) is 11.4. The van der Waals surface area contributed by atoms with Crippen LogP contribution in [0.2, 0.25) is 0 Å². The fraction of sp³-hybridized carbons (Fsp3) is 0.519. The summed E-state index contributed by atoms with van der Waals surface area (Å²) >= 11 is 0. The van der Waals surface area contributed by atoms with E-state index in [2.05, 4.69) is 37.3 Å². The van der Waals surface area contributed by atoms with Crippen LogP contribution in [-0.2, 0) is 20.7 Å². The molecule has 0 bridgehead atoms. The zero-order valence-corrected chi connectivity index (χ0v) is 19.4. The summed E-state index contributed by atoms with van der Waals surface area (Å²) in [5, 5.41) is 0. The number of benzene rings is 2. The van der Waals surface area contributed by atoms with Crippen molar-refractivity contribution in [2.24, 2.45) is 0 Å². The molecule has 4 heteroatoms. The van der Waals surface area contributed by atoms with E-state index in [1.807, 2.05) is 20.8 Å². The summed E-state index contributed by atoms with van der Waals surface area (Å²) in [7, 11) is 1.43. The van der Waals surface area contributed by atoms with Crippen molar-refractivity contribution in [3.63, 3.8) is 0 Å². The Bertz CT molecular complexity index is 966. The van der Waals surface area contributed by atoms with Crippen molar-refractivity contribution in [3.8, 4) is 16.9 Å². The molecule has 1 unspecified atom stereocenters. The summed E-state index contributed by atoms with van der Waals surface area (Å²) in [5.74, 6) is 1.14. The van der Waals surface area contributed by atoms with Crippen molar-refractivity contribution < 1.29 is 19.0 Å². The molecule has 0 radical (unpaired) electrons. The van der Waals surface area contributed by atoms with Crippen LogP contribution in [0.15, 0.2) is 30.3 Å². The Morgan fingerprint density at radius 1 is 1.13 bits per heavy atom. The molecule has 31 heavy (non-hydrogen) atoms. The third-order valence-corrected chi connectivity index (χ3v) is 6.39. The van der Waals surface area contributed by atoms with Crippen LogP contribution in [0.1, 0.15) is 80.7 Å². The first-order valence-electron chi connectivity index (χ1n) is 11.4. The van der Waals surface area contributed by atoms with Crippen LogP contribution in [0.3, 0.4) is 0 Å². The van der Waals surface area contributed by atoms with Gasteiger partial charge in [0.1, 0.15) is 5.75 Å². The van der Waals surface area contributed by atoms with E-state index in [0.717, 1.165) is 47.5 Å². The lowest BCUT2D eigenvalue weighted by molar-refractivity contribution is -0.164. The molecule has 0 aromatic heterocycles. The predicted octanol–water partition coefficient (Wildman–Crippen LogP) is 6.28. The maximum atomic E-state index is 13.0. The van der Waals surface area contributed by atoms with Crippen LogP contribution in [-0.4, -0.2) is 25.3 Å². The van der Waals surface area contributed by atoms with Crippen molar-refractivity contribution >= 4 is 5.97 Å². The zero-order valence-electron chi connectivity index (χ0n) is 19.4. The Balaban J connectivity index is 1.93. The predicted molar refractivity (Wildman–Crippen MR) is 123 cm³/mol. The Kier molecular flexibility index (Phi) is 6.11. The fourth-order valence-electron chi connectivity index (χ4n) is 4.66. The molecule has 0 N–H and O–H groups in total. The highest BCUT2D eigenvalue weighted by Crippen LogP contribution is 2.46. The first-order chi connectivity index (χ1) is 14.8. The van der Waals surface area contributed by atoms with Gasteiger partial charge >= 0.3 is 5.97 Å². The van der Waals surface area contributed by atoms with Gasteiger partial charge in [-0.25, -0.2) is 4.79 Å². The van der Waals surface area contributed by atoms with E-state index in [9.17, 15) is 4.79 Å². The highest BCUT2D eigenvalue weighted by molar-refractivity contribution is 5.84. The van der Waals surface area contributed by atoms with Gasteiger partial charge in [0.05, 0.1) is 19.3 Å². The molecule has 1 fully saturated rings. The van der Waals surface area contributed by atoms with E-state index in [1.54, 1.807) is 0 Å². The standard InChI is InChI=1S/C27H34O4/c1-17-11-13-21(18-8-6-9-18)24(20-12-14-22-19(16-20)10-7-15-30-22)23(17)25(26(28)29-5)31-27(2,3)4/h11-14,16,18,25H,6-10,15H2,1-5H3. The minimum atomic E-state index is -0.771. The summed E-state index contributed by atoms with van der Waals surface area (Å²) in [6.07, 6.45) is 4.91. The molecule has 4 rings (SSSR count). The number of rotatable bonds is 5. The number of hydrogen-bond donors (Lipinski definition) is 0. The van der Waals surface area contributed by atoms with Gasteiger partial charge in [0.25, 0.3) is 0 Å². The molecule has 1 saturated carbocycles. The average molecular weight is 423 g/mol. The van der Waals surface area contributed by atoms with E-state index in [0.29, 0.717) is 5.92 Å². The number of ether oxygens (including phenoxy) is 3. The highest BCUT2D eigenvalue weighted by atomic mass is 16.6. The molecule has 2 aromatic carbocycles. The van der Waals surface area contributed by atoms with E-state index < -0.39 is 11.7 Å². The SMILES string of the molecule is COC(=O)C(OC(C)(C)C)c1c(C)ccc(C2CCC2)c1-c1ccc2c(c1)CCCO2. The van der Waals surface area contributed by atoms with Gasteiger partial charge < -0.3 is 14.2 Å². The lowest BCUT2D eigenvalue weighted by Crippen LogP contribution is -2.29. The minimum absolute atomic E-state index is 0.355. The highest BCUT2D eigenvalue weighted by Gasteiger charge is 2.34. The molecule has 2 aliphatic rings. The maximum Gasteiger partial charge on any atom is 0.339 e. The molecule has 0 amide bonds. The second kappa shape index (κ2) is 8.66. The third-order valence-electron chi connectivity index (χ3n) is 6.39. The Labute approximate surface area is 185 Å². The monoisotopic (exact) mass is 422 g/mol. The summed E-state index contributed by atoms with van der Waals surface area (Å²) in [4.78, 5) is 13.0. The van der Waals surface area contributed by atoms with Gasteiger partial charge in [-0.3, -0.25) is 0 Å². The van der Waals surface area contributed by atoms with Crippen LogP contribution < -0.4 is 4.74 Å². The average Bonchev–Trinajstić information content (AvgIpc) is 2.70. The summed E-state index contributed by atoms with van der Waals surface area (Å²) in [6, 6.07) is 10.9. The molecular weight excluding hydrogens is 388 g/mol. The first kappa shape index (κ1) is 21.9. The Morgan fingerprint density at radius 3 is 2.55 bits per heavy atom. The van der Waals surface area contributed by atoms with Crippen LogP contribution in [0.5, 0.6) is 5.75 Å². The molecule has 4 nitrogen and oxygen atoms in total. The lowest BCUT2D eigenvalue weighted by Gasteiger charge is -2.33. The summed E-state index contributed by atoms with van der Waals surface area (Å²) < 4.78 is 17.4. The number of aryl methyl sites for hydroxylation is 2. The molecule has 2 aromatic rings. The largest absolute Gasteiger partial charge is 0.493 e.